The smallest absolute Gasteiger partial charge is 0.324 e. The molecule has 2 fully saturated rings. The van der Waals surface area contributed by atoms with Gasteiger partial charge in [0.05, 0.1) is 0 Å². The molecule has 0 saturated carbocycles. The molecule has 0 bridgehead atoms. The fraction of sp³-hybridized carbons (Fsp3) is 0.800. The Labute approximate surface area is 287 Å². The van der Waals surface area contributed by atoms with Crippen molar-refractivity contribution in [1.82, 2.24) is 9.80 Å². The minimum atomic E-state index is -1.55. The maximum atomic E-state index is 14.9. The van der Waals surface area contributed by atoms with Crippen molar-refractivity contribution in [3.63, 3.8) is 0 Å². The maximum absolute atomic E-state index is 14.9. The monoisotopic (exact) mass is 657 g/mol. The van der Waals surface area contributed by atoms with E-state index in [4.69, 9.17) is 9.47 Å². The lowest BCUT2D eigenvalue weighted by Crippen LogP contribution is -2.61. The molecule has 0 atom stereocenters. The van der Waals surface area contributed by atoms with E-state index in [2.05, 4.69) is 107 Å². The Morgan fingerprint density at radius 1 is 0.809 bits per heavy atom. The van der Waals surface area contributed by atoms with Crippen molar-refractivity contribution in [2.45, 2.75) is 188 Å². The number of aromatic hydroxyl groups is 1. The molecule has 0 aliphatic carbocycles. The topological polar surface area (TPSA) is 79.3 Å². The fourth-order valence-corrected chi connectivity index (χ4v) is 8.41. The third kappa shape index (κ3) is 8.03. The Morgan fingerprint density at radius 3 is 1.53 bits per heavy atom. The molecule has 7 nitrogen and oxygen atoms in total. The molecular weight excluding hydrogens is 588 g/mol. The number of phenolic OH excluding ortho intramolecular Hbond substituents is 1. The van der Waals surface area contributed by atoms with Gasteiger partial charge in [0.1, 0.15) is 18.0 Å². The molecule has 2 aliphatic rings. The molecule has 3 rings (SSSR count). The predicted molar refractivity (Wildman–Crippen MR) is 192 cm³/mol. The number of aryl methyl sites for hydroxylation is 1. The van der Waals surface area contributed by atoms with Gasteiger partial charge in [-0.25, -0.2) is 0 Å². The standard InChI is InChI=1S/C40H68N2O5/c1-17-18-19-40(25-30-26(2)20-31(35(4,5)6)32(43)27(30)3,33(44)46-28-21-36(7,8)41(15)37(9,10)22-28)34(45)47-29-23-38(11,12)42(16)39(13,14)24-29/h20,28-29,43H,17-19,21-25H2,1-16H3. The lowest BCUT2D eigenvalue weighted by molar-refractivity contribution is -0.188. The van der Waals surface area contributed by atoms with Crippen LogP contribution in [0.4, 0.5) is 0 Å². The van der Waals surface area contributed by atoms with Crippen LogP contribution in [0, 0.1) is 19.3 Å². The van der Waals surface area contributed by atoms with Gasteiger partial charge >= 0.3 is 11.9 Å². The minimum absolute atomic E-state index is 0.124. The van der Waals surface area contributed by atoms with Crippen LogP contribution in [0.2, 0.25) is 0 Å². The number of carbonyl (C=O) groups excluding carboxylic acids is 2. The molecule has 2 aliphatic heterocycles. The zero-order valence-electron chi connectivity index (χ0n) is 32.9. The number of piperidine rings is 2. The molecule has 2 saturated heterocycles. The SMILES string of the molecule is CCCCC(Cc1c(C)cc(C(C)(C)C)c(O)c1C)(C(=O)OC1CC(C)(C)N(C)C(C)(C)C1)C(=O)OC1CC(C)(C)N(C)C(C)(C)C1. The van der Waals surface area contributed by atoms with Crippen molar-refractivity contribution in [2.75, 3.05) is 14.1 Å². The van der Waals surface area contributed by atoms with E-state index in [1.165, 1.54) is 0 Å². The van der Waals surface area contributed by atoms with Crippen LogP contribution >= 0.6 is 0 Å². The molecule has 1 N–H and O–H groups in total. The fourth-order valence-electron chi connectivity index (χ4n) is 8.41. The van der Waals surface area contributed by atoms with Crippen molar-refractivity contribution in [3.05, 3.63) is 28.3 Å². The summed E-state index contributed by atoms with van der Waals surface area (Å²) in [7, 11) is 4.26. The normalized spacial score (nSPS) is 22.2. The number of unbranched alkanes of at least 4 members (excludes halogenated alkanes) is 1. The van der Waals surface area contributed by atoms with Crippen LogP contribution in [-0.2, 0) is 30.9 Å². The molecule has 1 aromatic carbocycles. The molecule has 0 unspecified atom stereocenters. The van der Waals surface area contributed by atoms with Crippen LogP contribution in [0.1, 0.15) is 150 Å². The second-order valence-electron chi connectivity index (χ2n) is 18.5. The average molecular weight is 657 g/mol. The molecule has 47 heavy (non-hydrogen) atoms. The summed E-state index contributed by atoms with van der Waals surface area (Å²) in [5, 5.41) is 11.4. The second kappa shape index (κ2) is 13.3. The Bertz CT molecular complexity index is 1230. The number of hydrogen-bond acceptors (Lipinski definition) is 7. The largest absolute Gasteiger partial charge is 0.507 e. The number of hydrogen-bond donors (Lipinski definition) is 1. The summed E-state index contributed by atoms with van der Waals surface area (Å²) in [6, 6.07) is 2.02. The molecular formula is C40H68N2O5. The van der Waals surface area contributed by atoms with Crippen LogP contribution < -0.4 is 0 Å². The summed E-state index contributed by atoms with van der Waals surface area (Å²) in [5.41, 5.74) is 0.764. The first kappa shape index (κ1) is 39.3. The van der Waals surface area contributed by atoms with Gasteiger partial charge in [0.25, 0.3) is 0 Å². The van der Waals surface area contributed by atoms with Gasteiger partial charge in [0.2, 0.25) is 0 Å². The number of phenols is 1. The quantitative estimate of drug-likeness (QED) is 0.211. The molecule has 0 aromatic heterocycles. The second-order valence-corrected chi connectivity index (χ2v) is 18.5. The van der Waals surface area contributed by atoms with Gasteiger partial charge in [0.15, 0.2) is 5.41 Å². The van der Waals surface area contributed by atoms with E-state index in [1.807, 2.05) is 19.9 Å². The first-order valence-corrected chi connectivity index (χ1v) is 17.9. The Kier molecular flexibility index (Phi) is 11.1. The van der Waals surface area contributed by atoms with Gasteiger partial charge in [-0.2, -0.15) is 0 Å². The summed E-state index contributed by atoms with van der Waals surface area (Å²) in [6.45, 7) is 29.7. The van der Waals surface area contributed by atoms with Crippen molar-refractivity contribution < 1.29 is 24.2 Å². The highest BCUT2D eigenvalue weighted by Crippen LogP contribution is 2.45. The van der Waals surface area contributed by atoms with Crippen LogP contribution in [0.3, 0.4) is 0 Å². The van der Waals surface area contributed by atoms with E-state index in [0.717, 1.165) is 23.1 Å². The summed E-state index contributed by atoms with van der Waals surface area (Å²) in [6.07, 6.45) is 3.96. The van der Waals surface area contributed by atoms with Gasteiger partial charge in [-0.3, -0.25) is 19.4 Å². The van der Waals surface area contributed by atoms with Gasteiger partial charge in [-0.15, -0.1) is 0 Å². The van der Waals surface area contributed by atoms with Crippen LogP contribution in [-0.4, -0.2) is 75.3 Å². The summed E-state index contributed by atoms with van der Waals surface area (Å²) in [5.74, 6) is -0.773. The number of rotatable bonds is 9. The third-order valence-corrected chi connectivity index (χ3v) is 12.0. The highest BCUT2D eigenvalue weighted by molar-refractivity contribution is 6.00. The van der Waals surface area contributed by atoms with E-state index in [1.54, 1.807) is 0 Å². The first-order chi connectivity index (χ1) is 21.2. The minimum Gasteiger partial charge on any atom is -0.507 e. The lowest BCUT2D eigenvalue weighted by Gasteiger charge is -2.53. The van der Waals surface area contributed by atoms with Crippen LogP contribution in [0.5, 0.6) is 5.75 Å². The van der Waals surface area contributed by atoms with Crippen molar-refractivity contribution >= 4 is 11.9 Å². The highest BCUT2D eigenvalue weighted by Gasteiger charge is 2.54. The Balaban J connectivity index is 2.15. The van der Waals surface area contributed by atoms with Crippen molar-refractivity contribution in [2.24, 2.45) is 5.41 Å². The summed E-state index contributed by atoms with van der Waals surface area (Å²) >= 11 is 0. The number of esters is 2. The van der Waals surface area contributed by atoms with Gasteiger partial charge < -0.3 is 14.6 Å². The Hall–Kier alpha value is -2.12. The number of nitrogens with zero attached hydrogens (tertiary/aromatic N) is 2. The molecule has 1 aromatic rings. The van der Waals surface area contributed by atoms with Crippen LogP contribution in [0.15, 0.2) is 6.07 Å². The van der Waals surface area contributed by atoms with E-state index >= 15 is 0 Å². The molecule has 268 valence electrons. The first-order valence-electron chi connectivity index (χ1n) is 17.9. The van der Waals surface area contributed by atoms with Crippen molar-refractivity contribution in [3.8, 4) is 5.75 Å². The molecule has 2 heterocycles. The van der Waals surface area contributed by atoms with Gasteiger partial charge in [0, 0.05) is 47.8 Å². The van der Waals surface area contributed by atoms with E-state index in [0.29, 0.717) is 44.1 Å². The maximum Gasteiger partial charge on any atom is 0.324 e. The summed E-state index contributed by atoms with van der Waals surface area (Å²) < 4.78 is 13.0. The molecule has 0 radical (unpaired) electrons. The van der Waals surface area contributed by atoms with Crippen LogP contribution in [0.25, 0.3) is 0 Å². The zero-order valence-corrected chi connectivity index (χ0v) is 32.9. The van der Waals surface area contributed by atoms with Crippen molar-refractivity contribution in [1.29, 1.82) is 0 Å². The summed E-state index contributed by atoms with van der Waals surface area (Å²) in [4.78, 5) is 34.4. The zero-order chi connectivity index (χ0) is 36.1. The number of carbonyl (C=O) groups is 2. The lowest BCUT2D eigenvalue weighted by atomic mass is 9.73. The van der Waals surface area contributed by atoms with Gasteiger partial charge in [-0.1, -0.05) is 46.6 Å². The average Bonchev–Trinajstić information content (AvgIpc) is 2.90. The molecule has 7 heteroatoms. The van der Waals surface area contributed by atoms with E-state index < -0.39 is 17.4 Å². The molecule has 0 amide bonds. The van der Waals surface area contributed by atoms with Gasteiger partial charge in [-0.05, 0) is 124 Å². The van der Waals surface area contributed by atoms with E-state index in [9.17, 15) is 14.7 Å². The van der Waals surface area contributed by atoms with E-state index in [-0.39, 0.29) is 51.9 Å². The predicted octanol–water partition coefficient (Wildman–Crippen LogP) is 8.41. The highest BCUT2D eigenvalue weighted by atomic mass is 16.6. The number of ether oxygens (including phenoxy) is 2. The number of benzene rings is 1. The number of likely N-dealkylation sites (tertiary alicyclic amines) is 2. The molecule has 0 spiro atoms. The third-order valence-electron chi connectivity index (χ3n) is 12.0. The Morgan fingerprint density at radius 2 is 1.19 bits per heavy atom.